The average Bonchev–Trinajstić information content (AvgIpc) is 2.82. The van der Waals surface area contributed by atoms with Crippen molar-refractivity contribution in [2.24, 2.45) is 0 Å². The molecule has 3 N–H and O–H groups in total. The molecule has 0 aliphatic carbocycles. The molecule has 2 amide bonds. The molecule has 33 heavy (non-hydrogen) atoms. The molecule has 0 aliphatic rings. The first-order valence-corrected chi connectivity index (χ1v) is 12.0. The Morgan fingerprint density at radius 2 is 1.58 bits per heavy atom. The van der Waals surface area contributed by atoms with Gasteiger partial charge in [0, 0.05) is 29.2 Å². The lowest BCUT2D eigenvalue weighted by Gasteiger charge is -2.12. The molecule has 0 unspecified atom stereocenters. The third-order valence-corrected chi connectivity index (χ3v) is 6.40. The predicted molar refractivity (Wildman–Crippen MR) is 126 cm³/mol. The molecule has 3 aromatic rings. The minimum atomic E-state index is -3.91. The second-order valence-electron chi connectivity index (χ2n) is 7.53. The van der Waals surface area contributed by atoms with Gasteiger partial charge in [-0.15, -0.1) is 0 Å². The summed E-state index contributed by atoms with van der Waals surface area (Å²) in [6.45, 7) is 3.80. The standard InChI is InChI=1S/C24H26N4O4S/c1-3-4-5-18-7-9-20(10-8-18)28-33(31,32)21-11-6-17(2)22(16-21)24(30)27-26-23(29)19-12-14-25-15-13-19/h6-16,28H,3-5H2,1-2H3,(H,26,29)(H,27,30). The molecular weight excluding hydrogens is 440 g/mol. The van der Waals surface area contributed by atoms with Gasteiger partial charge in [0.25, 0.3) is 21.8 Å². The van der Waals surface area contributed by atoms with Crippen LogP contribution in [-0.2, 0) is 16.4 Å². The molecule has 8 nitrogen and oxygen atoms in total. The first-order valence-electron chi connectivity index (χ1n) is 10.5. The van der Waals surface area contributed by atoms with E-state index >= 15 is 0 Å². The first-order chi connectivity index (χ1) is 15.8. The molecule has 0 bridgehead atoms. The minimum Gasteiger partial charge on any atom is -0.280 e. The largest absolute Gasteiger partial charge is 0.280 e. The number of unbranched alkanes of at least 4 members (excludes halogenated alkanes) is 1. The number of nitrogens with one attached hydrogen (secondary N) is 3. The van der Waals surface area contributed by atoms with Crippen LogP contribution in [0.5, 0.6) is 0 Å². The zero-order valence-electron chi connectivity index (χ0n) is 18.5. The van der Waals surface area contributed by atoms with Crippen LogP contribution in [0.15, 0.2) is 71.9 Å². The summed E-state index contributed by atoms with van der Waals surface area (Å²) in [4.78, 5) is 28.5. The Kier molecular flexibility index (Phi) is 7.78. The number of hydrazine groups is 1. The van der Waals surface area contributed by atoms with Crippen LogP contribution in [0.2, 0.25) is 0 Å². The van der Waals surface area contributed by atoms with E-state index in [1.165, 1.54) is 36.7 Å². The second kappa shape index (κ2) is 10.7. The van der Waals surface area contributed by atoms with E-state index in [0.717, 1.165) is 24.8 Å². The van der Waals surface area contributed by atoms with Crippen molar-refractivity contribution in [2.75, 3.05) is 4.72 Å². The summed E-state index contributed by atoms with van der Waals surface area (Å²) in [6, 6.07) is 14.5. The van der Waals surface area contributed by atoms with Gasteiger partial charge in [0.1, 0.15) is 0 Å². The molecule has 0 radical (unpaired) electrons. The third kappa shape index (κ3) is 6.39. The number of pyridine rings is 1. The van der Waals surface area contributed by atoms with Crippen LogP contribution in [0.25, 0.3) is 0 Å². The minimum absolute atomic E-state index is 0.0613. The molecule has 0 aliphatic heterocycles. The number of hydrogen-bond donors (Lipinski definition) is 3. The van der Waals surface area contributed by atoms with Crippen molar-refractivity contribution < 1.29 is 18.0 Å². The number of benzene rings is 2. The fraction of sp³-hybridized carbons (Fsp3) is 0.208. The fourth-order valence-electron chi connectivity index (χ4n) is 3.10. The van der Waals surface area contributed by atoms with Gasteiger partial charge in [0.05, 0.1) is 4.90 Å². The lowest BCUT2D eigenvalue weighted by atomic mass is 10.1. The normalized spacial score (nSPS) is 11.0. The Morgan fingerprint density at radius 3 is 2.24 bits per heavy atom. The van der Waals surface area contributed by atoms with Crippen LogP contribution in [0, 0.1) is 6.92 Å². The van der Waals surface area contributed by atoms with Crippen LogP contribution < -0.4 is 15.6 Å². The zero-order chi connectivity index (χ0) is 23.8. The van der Waals surface area contributed by atoms with E-state index in [1.54, 1.807) is 25.1 Å². The molecule has 0 spiro atoms. The number of amides is 2. The molecule has 1 heterocycles. The van der Waals surface area contributed by atoms with Crippen molar-refractivity contribution in [2.45, 2.75) is 38.0 Å². The molecule has 1 aromatic heterocycles. The van der Waals surface area contributed by atoms with Gasteiger partial charge < -0.3 is 0 Å². The molecule has 172 valence electrons. The van der Waals surface area contributed by atoms with E-state index in [2.05, 4.69) is 27.5 Å². The van der Waals surface area contributed by atoms with Gasteiger partial charge in [-0.1, -0.05) is 31.5 Å². The zero-order valence-corrected chi connectivity index (χ0v) is 19.3. The van der Waals surface area contributed by atoms with Gasteiger partial charge in [0.2, 0.25) is 0 Å². The maximum atomic E-state index is 12.9. The fourth-order valence-corrected chi connectivity index (χ4v) is 4.19. The number of aryl methyl sites for hydroxylation is 2. The lowest BCUT2D eigenvalue weighted by molar-refractivity contribution is 0.0846. The van der Waals surface area contributed by atoms with E-state index in [9.17, 15) is 18.0 Å². The molecule has 0 atom stereocenters. The van der Waals surface area contributed by atoms with Crippen molar-refractivity contribution in [1.82, 2.24) is 15.8 Å². The Balaban J connectivity index is 1.71. The van der Waals surface area contributed by atoms with Crippen molar-refractivity contribution in [3.8, 4) is 0 Å². The second-order valence-corrected chi connectivity index (χ2v) is 9.21. The highest BCUT2D eigenvalue weighted by atomic mass is 32.2. The monoisotopic (exact) mass is 466 g/mol. The Bertz CT molecular complexity index is 1230. The summed E-state index contributed by atoms with van der Waals surface area (Å²) in [5.74, 6) is -1.15. The lowest BCUT2D eigenvalue weighted by Crippen LogP contribution is -2.41. The van der Waals surface area contributed by atoms with Crippen molar-refractivity contribution in [1.29, 1.82) is 0 Å². The molecule has 0 saturated carbocycles. The number of aromatic nitrogens is 1. The van der Waals surface area contributed by atoms with Crippen molar-refractivity contribution in [3.05, 3.63) is 89.2 Å². The summed E-state index contributed by atoms with van der Waals surface area (Å²) >= 11 is 0. The average molecular weight is 467 g/mol. The number of nitrogens with zero attached hydrogens (tertiary/aromatic N) is 1. The first kappa shape index (κ1) is 23.9. The van der Waals surface area contributed by atoms with Gasteiger partial charge in [-0.3, -0.25) is 30.1 Å². The number of carbonyl (C=O) groups is 2. The number of sulfonamides is 1. The quantitative estimate of drug-likeness (QED) is 0.439. The summed E-state index contributed by atoms with van der Waals surface area (Å²) in [5, 5.41) is 0. The molecule has 0 saturated heterocycles. The molecule has 9 heteroatoms. The van der Waals surface area contributed by atoms with Crippen LogP contribution >= 0.6 is 0 Å². The number of carbonyl (C=O) groups excluding carboxylic acids is 2. The van der Waals surface area contributed by atoms with Crippen LogP contribution in [0.3, 0.4) is 0 Å². The highest BCUT2D eigenvalue weighted by Gasteiger charge is 2.19. The number of hydrogen-bond acceptors (Lipinski definition) is 5. The summed E-state index contributed by atoms with van der Waals surface area (Å²) in [7, 11) is -3.91. The van der Waals surface area contributed by atoms with Crippen molar-refractivity contribution >= 4 is 27.5 Å². The summed E-state index contributed by atoms with van der Waals surface area (Å²) in [6.07, 6.45) is 6.02. The van der Waals surface area contributed by atoms with E-state index in [-0.39, 0.29) is 10.5 Å². The molecule has 2 aromatic carbocycles. The Labute approximate surface area is 193 Å². The molecular formula is C24H26N4O4S. The highest BCUT2D eigenvalue weighted by molar-refractivity contribution is 7.92. The highest BCUT2D eigenvalue weighted by Crippen LogP contribution is 2.20. The SMILES string of the molecule is CCCCc1ccc(NS(=O)(=O)c2ccc(C)c(C(=O)NNC(=O)c3ccncc3)c2)cc1. The van der Waals surface area contributed by atoms with E-state index < -0.39 is 21.8 Å². The van der Waals surface area contributed by atoms with E-state index in [1.807, 2.05) is 12.1 Å². The summed E-state index contributed by atoms with van der Waals surface area (Å²) < 4.78 is 28.3. The van der Waals surface area contributed by atoms with Gasteiger partial charge in [0.15, 0.2) is 0 Å². The maximum Gasteiger partial charge on any atom is 0.270 e. The van der Waals surface area contributed by atoms with E-state index in [0.29, 0.717) is 16.8 Å². The van der Waals surface area contributed by atoms with Gasteiger partial charge in [-0.2, -0.15) is 0 Å². The van der Waals surface area contributed by atoms with Gasteiger partial charge in [-0.05, 0) is 67.3 Å². The van der Waals surface area contributed by atoms with E-state index in [4.69, 9.17) is 0 Å². The number of anilines is 1. The van der Waals surface area contributed by atoms with Crippen LogP contribution in [0.4, 0.5) is 5.69 Å². The van der Waals surface area contributed by atoms with Gasteiger partial charge >= 0.3 is 0 Å². The molecule has 3 rings (SSSR count). The maximum absolute atomic E-state index is 12.9. The Morgan fingerprint density at radius 1 is 0.909 bits per heavy atom. The summed E-state index contributed by atoms with van der Waals surface area (Å²) in [5.41, 5.74) is 7.21. The van der Waals surface area contributed by atoms with Gasteiger partial charge in [-0.25, -0.2) is 8.42 Å². The smallest absolute Gasteiger partial charge is 0.270 e. The molecule has 0 fully saturated rings. The topological polar surface area (TPSA) is 117 Å². The number of rotatable bonds is 8. The Hall–Kier alpha value is -3.72. The third-order valence-electron chi connectivity index (χ3n) is 5.02. The van der Waals surface area contributed by atoms with Crippen LogP contribution in [0.1, 0.15) is 51.6 Å². The van der Waals surface area contributed by atoms with Crippen molar-refractivity contribution in [3.63, 3.8) is 0 Å². The van der Waals surface area contributed by atoms with Crippen LogP contribution in [-0.4, -0.2) is 25.2 Å². The predicted octanol–water partition coefficient (Wildman–Crippen LogP) is 3.61.